The summed E-state index contributed by atoms with van der Waals surface area (Å²) in [7, 11) is 0. The van der Waals surface area contributed by atoms with Crippen molar-refractivity contribution in [2.24, 2.45) is 0 Å². The summed E-state index contributed by atoms with van der Waals surface area (Å²) in [6, 6.07) is 0.762. The molecule has 2 N–H and O–H groups in total. The van der Waals surface area contributed by atoms with Crippen molar-refractivity contribution in [2.45, 2.75) is 57.2 Å². The first-order chi connectivity index (χ1) is 7.20. The molecule has 1 aliphatic carbocycles. The highest BCUT2D eigenvalue weighted by atomic mass is 16.3. The van der Waals surface area contributed by atoms with E-state index >= 15 is 0 Å². The minimum Gasteiger partial charge on any atom is -0.393 e. The van der Waals surface area contributed by atoms with Gasteiger partial charge in [-0.1, -0.05) is 6.92 Å². The molecular formula is C11H20N2O2. The molecule has 1 unspecified atom stereocenters. The molecule has 0 spiro atoms. The minimum atomic E-state index is -0.145. The van der Waals surface area contributed by atoms with Crippen molar-refractivity contribution in [3.8, 4) is 0 Å². The average Bonchev–Trinajstić information content (AvgIpc) is 2.61. The van der Waals surface area contributed by atoms with Crippen molar-refractivity contribution < 1.29 is 9.90 Å². The SMILES string of the molecule is CCC1CN(C2CCC(O)CC2)C(=O)N1. The van der Waals surface area contributed by atoms with E-state index in [9.17, 15) is 9.90 Å². The molecule has 1 saturated heterocycles. The van der Waals surface area contributed by atoms with E-state index in [1.165, 1.54) is 0 Å². The molecule has 2 amide bonds. The summed E-state index contributed by atoms with van der Waals surface area (Å²) in [5.74, 6) is 0. The van der Waals surface area contributed by atoms with E-state index in [0.717, 1.165) is 38.6 Å². The maximum atomic E-state index is 11.7. The Balaban J connectivity index is 1.91. The molecule has 4 heteroatoms. The van der Waals surface area contributed by atoms with Crippen LogP contribution in [0.5, 0.6) is 0 Å². The number of urea groups is 1. The van der Waals surface area contributed by atoms with Gasteiger partial charge in [0.05, 0.1) is 6.10 Å². The van der Waals surface area contributed by atoms with Gasteiger partial charge in [-0.2, -0.15) is 0 Å². The Bertz CT molecular complexity index is 237. The van der Waals surface area contributed by atoms with Crippen LogP contribution in [-0.4, -0.2) is 40.8 Å². The van der Waals surface area contributed by atoms with Crippen molar-refractivity contribution in [1.29, 1.82) is 0 Å². The van der Waals surface area contributed by atoms with Crippen LogP contribution in [0.1, 0.15) is 39.0 Å². The molecule has 86 valence electrons. The number of hydrogen-bond acceptors (Lipinski definition) is 2. The quantitative estimate of drug-likeness (QED) is 0.720. The number of nitrogens with zero attached hydrogens (tertiary/aromatic N) is 1. The fourth-order valence-electron chi connectivity index (χ4n) is 2.54. The van der Waals surface area contributed by atoms with Crippen LogP contribution in [0.25, 0.3) is 0 Å². The van der Waals surface area contributed by atoms with E-state index in [1.807, 2.05) is 4.90 Å². The predicted octanol–water partition coefficient (Wildman–Crippen LogP) is 1.09. The molecule has 2 aliphatic rings. The van der Waals surface area contributed by atoms with Crippen LogP contribution < -0.4 is 5.32 Å². The van der Waals surface area contributed by atoms with Crippen molar-refractivity contribution in [2.75, 3.05) is 6.54 Å². The van der Waals surface area contributed by atoms with Gasteiger partial charge in [-0.15, -0.1) is 0 Å². The van der Waals surface area contributed by atoms with E-state index in [2.05, 4.69) is 12.2 Å². The highest BCUT2D eigenvalue weighted by Gasteiger charge is 2.34. The van der Waals surface area contributed by atoms with Crippen LogP contribution in [0.3, 0.4) is 0 Å². The first kappa shape index (κ1) is 10.7. The molecule has 4 nitrogen and oxygen atoms in total. The molecule has 2 rings (SSSR count). The van der Waals surface area contributed by atoms with Crippen LogP contribution >= 0.6 is 0 Å². The average molecular weight is 212 g/mol. The molecule has 15 heavy (non-hydrogen) atoms. The second kappa shape index (κ2) is 4.39. The van der Waals surface area contributed by atoms with Gasteiger partial charge in [-0.05, 0) is 32.1 Å². The van der Waals surface area contributed by atoms with E-state index in [1.54, 1.807) is 0 Å². The van der Waals surface area contributed by atoms with E-state index in [-0.39, 0.29) is 12.1 Å². The molecule has 1 atom stereocenters. The lowest BCUT2D eigenvalue weighted by Gasteiger charge is -2.32. The number of hydrogen-bond donors (Lipinski definition) is 2. The third-order valence-electron chi connectivity index (χ3n) is 3.61. The standard InChI is InChI=1S/C11H20N2O2/c1-2-8-7-13(11(15)12-8)9-3-5-10(14)6-4-9/h8-10,14H,2-7H2,1H3,(H,12,15). The Hall–Kier alpha value is -0.770. The molecule has 2 fully saturated rings. The summed E-state index contributed by atoms with van der Waals surface area (Å²) >= 11 is 0. The number of aliphatic hydroxyl groups excluding tert-OH is 1. The lowest BCUT2D eigenvalue weighted by Crippen LogP contribution is -2.41. The predicted molar refractivity (Wildman–Crippen MR) is 57.6 cm³/mol. The van der Waals surface area contributed by atoms with Gasteiger partial charge in [0.2, 0.25) is 0 Å². The van der Waals surface area contributed by atoms with Crippen molar-refractivity contribution in [1.82, 2.24) is 10.2 Å². The van der Waals surface area contributed by atoms with E-state index < -0.39 is 0 Å². The summed E-state index contributed by atoms with van der Waals surface area (Å²) in [6.45, 7) is 2.94. The first-order valence-electron chi connectivity index (χ1n) is 5.96. The summed E-state index contributed by atoms with van der Waals surface area (Å²) in [6.07, 6.45) is 4.43. The number of aliphatic hydroxyl groups is 1. The number of carbonyl (C=O) groups is 1. The van der Waals surface area contributed by atoms with Gasteiger partial charge in [0.15, 0.2) is 0 Å². The molecule has 0 aromatic heterocycles. The van der Waals surface area contributed by atoms with Gasteiger partial charge in [-0.25, -0.2) is 4.79 Å². The van der Waals surface area contributed by atoms with Gasteiger partial charge in [0.25, 0.3) is 0 Å². The van der Waals surface area contributed by atoms with Crippen LogP contribution in [0, 0.1) is 0 Å². The third-order valence-corrected chi connectivity index (χ3v) is 3.61. The van der Waals surface area contributed by atoms with Gasteiger partial charge < -0.3 is 15.3 Å². The monoisotopic (exact) mass is 212 g/mol. The second-order valence-electron chi connectivity index (χ2n) is 4.67. The number of amides is 2. The van der Waals surface area contributed by atoms with Crippen molar-refractivity contribution in [3.63, 3.8) is 0 Å². The Labute approximate surface area is 90.6 Å². The van der Waals surface area contributed by atoms with Gasteiger partial charge in [0, 0.05) is 18.6 Å². The molecule has 1 saturated carbocycles. The van der Waals surface area contributed by atoms with E-state index in [0.29, 0.717) is 12.1 Å². The normalized spacial score (nSPS) is 36.8. The Kier molecular flexibility index (Phi) is 3.14. The Morgan fingerprint density at radius 1 is 1.40 bits per heavy atom. The smallest absolute Gasteiger partial charge is 0.317 e. The Morgan fingerprint density at radius 3 is 2.60 bits per heavy atom. The molecule has 0 aromatic carbocycles. The summed E-state index contributed by atoms with van der Waals surface area (Å²) in [4.78, 5) is 13.6. The number of carbonyl (C=O) groups excluding carboxylic acids is 1. The van der Waals surface area contributed by atoms with Crippen molar-refractivity contribution >= 4 is 6.03 Å². The Morgan fingerprint density at radius 2 is 2.07 bits per heavy atom. The zero-order valence-corrected chi connectivity index (χ0v) is 9.28. The lowest BCUT2D eigenvalue weighted by molar-refractivity contribution is 0.0907. The maximum absolute atomic E-state index is 11.7. The third kappa shape index (κ3) is 2.25. The fraction of sp³-hybridized carbons (Fsp3) is 0.909. The first-order valence-corrected chi connectivity index (χ1v) is 5.96. The van der Waals surface area contributed by atoms with Gasteiger partial charge in [0.1, 0.15) is 0 Å². The largest absolute Gasteiger partial charge is 0.393 e. The summed E-state index contributed by atoms with van der Waals surface area (Å²) < 4.78 is 0. The fourth-order valence-corrected chi connectivity index (χ4v) is 2.54. The topological polar surface area (TPSA) is 52.6 Å². The summed E-state index contributed by atoms with van der Waals surface area (Å²) in [5, 5.41) is 12.4. The van der Waals surface area contributed by atoms with Gasteiger partial charge in [-0.3, -0.25) is 0 Å². The van der Waals surface area contributed by atoms with Crippen LogP contribution in [0.4, 0.5) is 4.79 Å². The maximum Gasteiger partial charge on any atom is 0.317 e. The van der Waals surface area contributed by atoms with Crippen LogP contribution in [0.2, 0.25) is 0 Å². The molecule has 1 heterocycles. The zero-order valence-electron chi connectivity index (χ0n) is 9.28. The van der Waals surface area contributed by atoms with Crippen molar-refractivity contribution in [3.05, 3.63) is 0 Å². The lowest BCUT2D eigenvalue weighted by atomic mass is 9.92. The zero-order chi connectivity index (χ0) is 10.8. The highest BCUT2D eigenvalue weighted by Crippen LogP contribution is 2.25. The van der Waals surface area contributed by atoms with Crippen LogP contribution in [-0.2, 0) is 0 Å². The molecule has 0 radical (unpaired) electrons. The molecule has 0 bridgehead atoms. The number of nitrogens with one attached hydrogen (secondary N) is 1. The molecular weight excluding hydrogens is 192 g/mol. The molecule has 1 aliphatic heterocycles. The van der Waals surface area contributed by atoms with E-state index in [4.69, 9.17) is 0 Å². The summed E-state index contributed by atoms with van der Waals surface area (Å²) in [5.41, 5.74) is 0. The molecule has 0 aromatic rings. The van der Waals surface area contributed by atoms with Crippen LogP contribution in [0.15, 0.2) is 0 Å². The van der Waals surface area contributed by atoms with Gasteiger partial charge >= 0.3 is 6.03 Å². The second-order valence-corrected chi connectivity index (χ2v) is 4.67. The number of rotatable bonds is 2. The highest BCUT2D eigenvalue weighted by molar-refractivity contribution is 5.77. The minimum absolute atomic E-state index is 0.0863.